The maximum absolute atomic E-state index is 13.7. The molecule has 0 aliphatic heterocycles. The molecule has 3 nitrogen and oxygen atoms in total. The summed E-state index contributed by atoms with van der Waals surface area (Å²) in [6.45, 7) is 4.17. The molecule has 1 aliphatic carbocycles. The first-order valence-electron chi connectivity index (χ1n) is 6.80. The number of carbonyl (C=O) groups excluding carboxylic acids is 1. The monoisotopic (exact) mass is 264 g/mol. The molecule has 1 aliphatic rings. The lowest BCUT2D eigenvalue weighted by molar-refractivity contribution is -0.134. The van der Waals surface area contributed by atoms with Gasteiger partial charge in [-0.1, -0.05) is 32.0 Å². The Kier molecular flexibility index (Phi) is 4.20. The van der Waals surface area contributed by atoms with Gasteiger partial charge >= 0.3 is 0 Å². The molecule has 1 fully saturated rings. The van der Waals surface area contributed by atoms with Crippen molar-refractivity contribution in [3.05, 3.63) is 35.6 Å². The van der Waals surface area contributed by atoms with Gasteiger partial charge in [-0.2, -0.15) is 0 Å². The van der Waals surface area contributed by atoms with Crippen LogP contribution in [0.2, 0.25) is 0 Å². The molecule has 0 radical (unpaired) electrons. The van der Waals surface area contributed by atoms with Crippen molar-refractivity contribution in [3.63, 3.8) is 0 Å². The van der Waals surface area contributed by atoms with Crippen molar-refractivity contribution in [1.29, 1.82) is 0 Å². The first kappa shape index (κ1) is 14.0. The molecule has 1 saturated carbocycles. The largest absolute Gasteiger partial charge is 0.334 e. The maximum atomic E-state index is 13.7. The summed E-state index contributed by atoms with van der Waals surface area (Å²) < 4.78 is 13.7. The second-order valence-corrected chi connectivity index (χ2v) is 5.56. The van der Waals surface area contributed by atoms with E-state index in [-0.39, 0.29) is 23.7 Å². The maximum Gasteiger partial charge on any atom is 0.240 e. The first-order chi connectivity index (χ1) is 9.00. The Balaban J connectivity index is 2.13. The van der Waals surface area contributed by atoms with E-state index in [4.69, 9.17) is 5.73 Å². The van der Waals surface area contributed by atoms with E-state index in [1.54, 1.807) is 23.1 Å². The van der Waals surface area contributed by atoms with E-state index in [0.29, 0.717) is 12.1 Å². The number of carbonyl (C=O) groups is 1. The normalized spacial score (nSPS) is 16.5. The zero-order valence-corrected chi connectivity index (χ0v) is 11.5. The van der Waals surface area contributed by atoms with Gasteiger partial charge in [-0.3, -0.25) is 4.79 Å². The molecule has 2 N–H and O–H groups in total. The Labute approximate surface area is 113 Å². The van der Waals surface area contributed by atoms with E-state index in [0.717, 1.165) is 12.8 Å². The molecule has 0 aromatic heterocycles. The lowest BCUT2D eigenvalue weighted by Crippen LogP contribution is -2.47. The molecular formula is C15H21FN2O. The van der Waals surface area contributed by atoms with Crippen molar-refractivity contribution in [2.45, 2.75) is 45.3 Å². The fourth-order valence-corrected chi connectivity index (χ4v) is 2.06. The summed E-state index contributed by atoms with van der Waals surface area (Å²) in [5.41, 5.74) is 6.49. The van der Waals surface area contributed by atoms with Crippen molar-refractivity contribution in [2.75, 3.05) is 0 Å². The average Bonchev–Trinajstić information content (AvgIpc) is 3.20. The van der Waals surface area contributed by atoms with Gasteiger partial charge in [0.05, 0.1) is 6.04 Å². The van der Waals surface area contributed by atoms with E-state index in [9.17, 15) is 9.18 Å². The lowest BCUT2D eigenvalue weighted by Gasteiger charge is -2.27. The Hall–Kier alpha value is -1.42. The molecule has 1 aromatic carbocycles. The Bertz CT molecular complexity index is 457. The lowest BCUT2D eigenvalue weighted by atomic mass is 10.0. The highest BCUT2D eigenvalue weighted by Crippen LogP contribution is 2.29. The molecule has 0 saturated heterocycles. The standard InChI is InChI=1S/C15H21FN2O/c1-10(2)14(17)15(19)18(12-7-8-12)9-11-5-3-4-6-13(11)16/h3-6,10,12,14H,7-9,17H2,1-2H3. The summed E-state index contributed by atoms with van der Waals surface area (Å²) in [6.07, 6.45) is 1.98. The van der Waals surface area contributed by atoms with Crippen LogP contribution in [-0.2, 0) is 11.3 Å². The minimum atomic E-state index is -0.507. The number of hydrogen-bond donors (Lipinski definition) is 1. The molecule has 2 rings (SSSR count). The van der Waals surface area contributed by atoms with Gasteiger partial charge in [0.2, 0.25) is 5.91 Å². The van der Waals surface area contributed by atoms with Gasteiger partial charge in [0, 0.05) is 18.2 Å². The van der Waals surface area contributed by atoms with E-state index in [1.807, 2.05) is 13.8 Å². The zero-order chi connectivity index (χ0) is 14.0. The predicted molar refractivity (Wildman–Crippen MR) is 72.8 cm³/mol. The smallest absolute Gasteiger partial charge is 0.240 e. The third-order valence-electron chi connectivity index (χ3n) is 3.57. The van der Waals surface area contributed by atoms with Crippen LogP contribution in [0.15, 0.2) is 24.3 Å². The molecule has 0 heterocycles. The quantitative estimate of drug-likeness (QED) is 0.887. The molecule has 1 unspecified atom stereocenters. The topological polar surface area (TPSA) is 46.3 Å². The molecule has 1 amide bonds. The van der Waals surface area contributed by atoms with E-state index >= 15 is 0 Å². The van der Waals surface area contributed by atoms with E-state index in [1.165, 1.54) is 6.07 Å². The molecule has 4 heteroatoms. The summed E-state index contributed by atoms with van der Waals surface area (Å²) in [5, 5.41) is 0. The highest BCUT2D eigenvalue weighted by atomic mass is 19.1. The SMILES string of the molecule is CC(C)C(N)C(=O)N(Cc1ccccc1F)C1CC1. The fourth-order valence-electron chi connectivity index (χ4n) is 2.06. The molecule has 1 aromatic rings. The van der Waals surface area contributed by atoms with Crippen LogP contribution in [0.1, 0.15) is 32.3 Å². The zero-order valence-electron chi connectivity index (χ0n) is 11.5. The number of nitrogens with zero attached hydrogens (tertiary/aromatic N) is 1. The van der Waals surface area contributed by atoms with Crippen molar-refractivity contribution < 1.29 is 9.18 Å². The minimum absolute atomic E-state index is 0.0687. The van der Waals surface area contributed by atoms with Crippen LogP contribution < -0.4 is 5.73 Å². The van der Waals surface area contributed by atoms with Crippen molar-refractivity contribution in [1.82, 2.24) is 4.90 Å². The number of rotatable bonds is 5. The molecule has 0 bridgehead atoms. The van der Waals surface area contributed by atoms with Crippen molar-refractivity contribution in [3.8, 4) is 0 Å². The van der Waals surface area contributed by atoms with Crippen LogP contribution in [-0.4, -0.2) is 22.9 Å². The van der Waals surface area contributed by atoms with Crippen LogP contribution >= 0.6 is 0 Å². The number of benzene rings is 1. The second kappa shape index (κ2) is 5.70. The molecule has 0 spiro atoms. The number of amides is 1. The van der Waals surface area contributed by atoms with Gasteiger partial charge < -0.3 is 10.6 Å². The van der Waals surface area contributed by atoms with Gasteiger partial charge in [-0.05, 0) is 24.8 Å². The van der Waals surface area contributed by atoms with Gasteiger partial charge in [0.1, 0.15) is 5.82 Å². The summed E-state index contributed by atoms with van der Waals surface area (Å²) in [5.74, 6) is -0.241. The van der Waals surface area contributed by atoms with Crippen LogP contribution in [0.5, 0.6) is 0 Å². The first-order valence-corrected chi connectivity index (χ1v) is 6.80. The third kappa shape index (κ3) is 3.32. The van der Waals surface area contributed by atoms with Crippen LogP contribution in [0.25, 0.3) is 0 Å². The summed E-state index contributed by atoms with van der Waals surface area (Å²) >= 11 is 0. The van der Waals surface area contributed by atoms with Crippen molar-refractivity contribution in [2.24, 2.45) is 11.7 Å². The predicted octanol–water partition coefficient (Wildman–Crippen LogP) is 2.30. The number of hydrogen-bond acceptors (Lipinski definition) is 2. The highest BCUT2D eigenvalue weighted by Gasteiger charge is 2.35. The molecule has 1 atom stereocenters. The van der Waals surface area contributed by atoms with E-state index < -0.39 is 6.04 Å². The van der Waals surface area contributed by atoms with Crippen LogP contribution in [0.4, 0.5) is 4.39 Å². The number of nitrogens with two attached hydrogens (primary N) is 1. The Morgan fingerprint density at radius 2 is 2.05 bits per heavy atom. The fraction of sp³-hybridized carbons (Fsp3) is 0.533. The van der Waals surface area contributed by atoms with E-state index in [2.05, 4.69) is 0 Å². The summed E-state index contributed by atoms with van der Waals surface area (Å²) in [6, 6.07) is 6.31. The van der Waals surface area contributed by atoms with Gasteiger partial charge in [-0.15, -0.1) is 0 Å². The second-order valence-electron chi connectivity index (χ2n) is 5.56. The molecule has 19 heavy (non-hydrogen) atoms. The molecular weight excluding hydrogens is 243 g/mol. The highest BCUT2D eigenvalue weighted by molar-refractivity contribution is 5.82. The van der Waals surface area contributed by atoms with Gasteiger partial charge in [0.25, 0.3) is 0 Å². The Morgan fingerprint density at radius 3 is 2.58 bits per heavy atom. The van der Waals surface area contributed by atoms with Gasteiger partial charge in [0.15, 0.2) is 0 Å². The molecule has 104 valence electrons. The van der Waals surface area contributed by atoms with Crippen LogP contribution in [0, 0.1) is 11.7 Å². The third-order valence-corrected chi connectivity index (χ3v) is 3.57. The summed E-state index contributed by atoms with van der Waals surface area (Å²) in [4.78, 5) is 14.1. The summed E-state index contributed by atoms with van der Waals surface area (Å²) in [7, 11) is 0. The average molecular weight is 264 g/mol. The number of halogens is 1. The van der Waals surface area contributed by atoms with Crippen LogP contribution in [0.3, 0.4) is 0 Å². The van der Waals surface area contributed by atoms with Gasteiger partial charge in [-0.25, -0.2) is 4.39 Å². The van der Waals surface area contributed by atoms with Crippen molar-refractivity contribution >= 4 is 5.91 Å². The Morgan fingerprint density at radius 1 is 1.42 bits per heavy atom. The minimum Gasteiger partial charge on any atom is -0.334 e.